The first-order chi connectivity index (χ1) is 12.0. The standard InChI is InChI=1S/C18H25NO5S/c1-23-16-4-2-3-5-17(16)24-15-6-10-19(11-7-15)18(20)14-8-12-25(21,22)13-9-14/h2-5,14-15H,6-13H2,1H3. The molecule has 1 aromatic carbocycles. The molecule has 0 atom stereocenters. The van der Waals surface area contributed by atoms with Gasteiger partial charge in [-0.3, -0.25) is 4.79 Å². The Kier molecular flexibility index (Phi) is 5.51. The smallest absolute Gasteiger partial charge is 0.225 e. The van der Waals surface area contributed by atoms with E-state index in [9.17, 15) is 13.2 Å². The van der Waals surface area contributed by atoms with Crippen LogP contribution in [-0.2, 0) is 14.6 Å². The van der Waals surface area contributed by atoms with Crippen molar-refractivity contribution in [3.05, 3.63) is 24.3 Å². The molecule has 0 bridgehead atoms. The summed E-state index contributed by atoms with van der Waals surface area (Å²) < 4.78 is 34.4. The molecule has 138 valence electrons. The van der Waals surface area contributed by atoms with Crippen LogP contribution in [0.2, 0.25) is 0 Å². The number of nitrogens with zero attached hydrogens (tertiary/aromatic N) is 1. The third kappa shape index (κ3) is 4.45. The number of rotatable bonds is 4. The molecule has 6 nitrogen and oxygen atoms in total. The molecule has 3 rings (SSSR count). The molecular weight excluding hydrogens is 342 g/mol. The third-order valence-electron chi connectivity index (χ3n) is 5.02. The van der Waals surface area contributed by atoms with Crippen LogP contribution < -0.4 is 9.47 Å². The van der Waals surface area contributed by atoms with E-state index in [1.165, 1.54) is 0 Å². The molecule has 7 heteroatoms. The number of carbonyl (C=O) groups excluding carboxylic acids is 1. The molecule has 0 aliphatic carbocycles. The predicted octanol–water partition coefficient (Wildman–Crippen LogP) is 1.89. The van der Waals surface area contributed by atoms with Crippen LogP contribution in [0.15, 0.2) is 24.3 Å². The maximum absolute atomic E-state index is 12.6. The number of para-hydroxylation sites is 2. The monoisotopic (exact) mass is 367 g/mol. The summed E-state index contributed by atoms with van der Waals surface area (Å²) in [5, 5.41) is 0. The Balaban J connectivity index is 1.51. The van der Waals surface area contributed by atoms with Gasteiger partial charge in [-0.2, -0.15) is 0 Å². The SMILES string of the molecule is COc1ccccc1OC1CCN(C(=O)C2CCS(=O)(=O)CC2)CC1. The van der Waals surface area contributed by atoms with Crippen molar-refractivity contribution in [2.75, 3.05) is 31.7 Å². The molecule has 25 heavy (non-hydrogen) atoms. The van der Waals surface area contributed by atoms with Crippen LogP contribution in [0.4, 0.5) is 0 Å². The average molecular weight is 367 g/mol. The van der Waals surface area contributed by atoms with E-state index in [0.29, 0.717) is 31.7 Å². The molecule has 2 aliphatic rings. The van der Waals surface area contributed by atoms with Crippen molar-refractivity contribution in [1.82, 2.24) is 4.90 Å². The van der Waals surface area contributed by atoms with Gasteiger partial charge in [0, 0.05) is 31.8 Å². The van der Waals surface area contributed by atoms with E-state index in [-0.39, 0.29) is 29.4 Å². The summed E-state index contributed by atoms with van der Waals surface area (Å²) in [5.41, 5.74) is 0. The van der Waals surface area contributed by atoms with Gasteiger partial charge < -0.3 is 14.4 Å². The second kappa shape index (κ2) is 7.64. The third-order valence-corrected chi connectivity index (χ3v) is 6.74. The van der Waals surface area contributed by atoms with Gasteiger partial charge in [-0.15, -0.1) is 0 Å². The summed E-state index contributed by atoms with van der Waals surface area (Å²) in [6.45, 7) is 1.31. The molecule has 2 heterocycles. The van der Waals surface area contributed by atoms with Crippen LogP contribution in [0.3, 0.4) is 0 Å². The Labute approximate surface area is 149 Å². The van der Waals surface area contributed by atoms with E-state index in [0.717, 1.165) is 18.6 Å². The van der Waals surface area contributed by atoms with E-state index in [1.807, 2.05) is 29.2 Å². The summed E-state index contributed by atoms with van der Waals surface area (Å²) >= 11 is 0. The highest BCUT2D eigenvalue weighted by molar-refractivity contribution is 7.91. The van der Waals surface area contributed by atoms with Crippen LogP contribution >= 0.6 is 0 Å². The Bertz CT molecular complexity index is 696. The minimum Gasteiger partial charge on any atom is -0.493 e. The van der Waals surface area contributed by atoms with Crippen molar-refractivity contribution in [3.8, 4) is 11.5 Å². The second-order valence-corrected chi connectivity index (χ2v) is 9.02. The zero-order valence-electron chi connectivity index (χ0n) is 14.5. The lowest BCUT2D eigenvalue weighted by molar-refractivity contribution is -0.137. The fourth-order valence-corrected chi connectivity index (χ4v) is 4.98. The molecule has 1 aromatic rings. The van der Waals surface area contributed by atoms with Crippen LogP contribution in [-0.4, -0.2) is 57.0 Å². The minimum absolute atomic E-state index is 0.0621. The number of carbonyl (C=O) groups is 1. The molecule has 0 saturated carbocycles. The Morgan fingerprint density at radius 1 is 1.04 bits per heavy atom. The Morgan fingerprint density at radius 2 is 1.64 bits per heavy atom. The summed E-state index contributed by atoms with van der Waals surface area (Å²) in [4.78, 5) is 14.5. The molecule has 0 spiro atoms. The average Bonchev–Trinajstić information content (AvgIpc) is 2.62. The lowest BCUT2D eigenvalue weighted by Gasteiger charge is -2.35. The van der Waals surface area contributed by atoms with Crippen molar-refractivity contribution in [2.45, 2.75) is 31.8 Å². The van der Waals surface area contributed by atoms with E-state index in [4.69, 9.17) is 9.47 Å². The molecule has 1 amide bonds. The number of hydrogen-bond donors (Lipinski definition) is 0. The van der Waals surface area contributed by atoms with Crippen molar-refractivity contribution < 1.29 is 22.7 Å². The lowest BCUT2D eigenvalue weighted by atomic mass is 9.99. The van der Waals surface area contributed by atoms with Crippen molar-refractivity contribution >= 4 is 15.7 Å². The molecule has 0 unspecified atom stereocenters. The summed E-state index contributed by atoms with van der Waals surface area (Å²) in [6.07, 6.45) is 2.52. The zero-order chi connectivity index (χ0) is 17.9. The summed E-state index contributed by atoms with van der Waals surface area (Å²) in [6, 6.07) is 7.56. The first-order valence-corrected chi connectivity index (χ1v) is 10.6. The summed E-state index contributed by atoms with van der Waals surface area (Å²) in [5.74, 6) is 1.67. The number of benzene rings is 1. The molecule has 0 aromatic heterocycles. The van der Waals surface area contributed by atoms with Crippen LogP contribution in [0.5, 0.6) is 11.5 Å². The number of methoxy groups -OCH3 is 1. The van der Waals surface area contributed by atoms with E-state index in [1.54, 1.807) is 7.11 Å². The van der Waals surface area contributed by atoms with Gasteiger partial charge in [0.2, 0.25) is 5.91 Å². The van der Waals surface area contributed by atoms with Crippen molar-refractivity contribution in [2.24, 2.45) is 5.92 Å². The van der Waals surface area contributed by atoms with Gasteiger partial charge in [0.25, 0.3) is 0 Å². The lowest BCUT2D eigenvalue weighted by Crippen LogP contribution is -2.45. The van der Waals surface area contributed by atoms with Crippen LogP contribution in [0.1, 0.15) is 25.7 Å². The quantitative estimate of drug-likeness (QED) is 0.813. The maximum Gasteiger partial charge on any atom is 0.225 e. The molecule has 0 radical (unpaired) electrons. The van der Waals surface area contributed by atoms with Crippen LogP contribution in [0, 0.1) is 5.92 Å². The highest BCUT2D eigenvalue weighted by Crippen LogP contribution is 2.29. The fourth-order valence-electron chi connectivity index (χ4n) is 3.48. The predicted molar refractivity (Wildman–Crippen MR) is 94.6 cm³/mol. The van der Waals surface area contributed by atoms with Gasteiger partial charge in [-0.25, -0.2) is 8.42 Å². The number of ether oxygens (including phenoxy) is 2. The first kappa shape index (κ1) is 18.0. The van der Waals surface area contributed by atoms with Gasteiger partial charge in [-0.05, 0) is 25.0 Å². The molecule has 2 saturated heterocycles. The molecule has 2 aliphatic heterocycles. The Morgan fingerprint density at radius 3 is 2.24 bits per heavy atom. The minimum atomic E-state index is -2.93. The van der Waals surface area contributed by atoms with Crippen LogP contribution in [0.25, 0.3) is 0 Å². The number of likely N-dealkylation sites (tertiary alicyclic amines) is 1. The topological polar surface area (TPSA) is 72.9 Å². The second-order valence-electron chi connectivity index (χ2n) is 6.72. The van der Waals surface area contributed by atoms with Crippen molar-refractivity contribution in [3.63, 3.8) is 0 Å². The van der Waals surface area contributed by atoms with Gasteiger partial charge in [-0.1, -0.05) is 12.1 Å². The first-order valence-electron chi connectivity index (χ1n) is 8.77. The van der Waals surface area contributed by atoms with Crippen molar-refractivity contribution in [1.29, 1.82) is 0 Å². The normalized spacial score (nSPS) is 21.7. The number of amides is 1. The number of hydrogen-bond acceptors (Lipinski definition) is 5. The summed E-state index contributed by atoms with van der Waals surface area (Å²) in [7, 11) is -1.31. The highest BCUT2D eigenvalue weighted by Gasteiger charge is 2.33. The zero-order valence-corrected chi connectivity index (χ0v) is 15.3. The molecule has 0 N–H and O–H groups in total. The van der Waals surface area contributed by atoms with Gasteiger partial charge in [0.1, 0.15) is 15.9 Å². The highest BCUT2D eigenvalue weighted by atomic mass is 32.2. The number of piperidine rings is 1. The Hall–Kier alpha value is -1.76. The fraction of sp³-hybridized carbons (Fsp3) is 0.611. The maximum atomic E-state index is 12.6. The molecular formula is C18H25NO5S. The number of sulfone groups is 1. The van der Waals surface area contributed by atoms with Gasteiger partial charge in [0.15, 0.2) is 11.5 Å². The largest absolute Gasteiger partial charge is 0.493 e. The van der Waals surface area contributed by atoms with Gasteiger partial charge >= 0.3 is 0 Å². The van der Waals surface area contributed by atoms with Gasteiger partial charge in [0.05, 0.1) is 18.6 Å². The van der Waals surface area contributed by atoms with E-state index < -0.39 is 9.84 Å². The van der Waals surface area contributed by atoms with E-state index in [2.05, 4.69) is 0 Å². The molecule has 2 fully saturated rings. The van der Waals surface area contributed by atoms with E-state index >= 15 is 0 Å².